The molecule has 3 aromatic carbocycles. The Balaban J connectivity index is 1.81. The number of hydrogen-bond donors (Lipinski definition) is 0. The van der Waals surface area contributed by atoms with Gasteiger partial charge < -0.3 is 18.9 Å². The van der Waals surface area contributed by atoms with Crippen molar-refractivity contribution in [2.45, 2.75) is 13.5 Å². The van der Waals surface area contributed by atoms with Crippen LogP contribution in [0.1, 0.15) is 33.3 Å². The van der Waals surface area contributed by atoms with Crippen molar-refractivity contribution in [2.24, 2.45) is 0 Å². The third-order valence-electron chi connectivity index (χ3n) is 5.48. The summed E-state index contributed by atoms with van der Waals surface area (Å²) in [5, 5.41) is 4.64. The zero-order valence-corrected chi connectivity index (χ0v) is 22.2. The van der Waals surface area contributed by atoms with E-state index in [0.717, 1.165) is 10.0 Å². The number of halogens is 1. The van der Waals surface area contributed by atoms with Gasteiger partial charge >= 0.3 is 11.9 Å². The lowest BCUT2D eigenvalue weighted by molar-refractivity contribution is 0.0549. The number of ether oxygens (including phenoxy) is 4. The first-order chi connectivity index (χ1) is 18.0. The number of carbonyl (C=O) groups is 2. The summed E-state index contributed by atoms with van der Waals surface area (Å²) in [7, 11) is 2.49. The monoisotopic (exact) mass is 564 g/mol. The van der Waals surface area contributed by atoms with Crippen molar-refractivity contribution < 1.29 is 28.5 Å². The lowest BCUT2D eigenvalue weighted by Crippen LogP contribution is -2.15. The second kappa shape index (κ2) is 11.7. The molecular weight excluding hydrogens is 540 g/mol. The Morgan fingerprint density at radius 3 is 2.22 bits per heavy atom. The van der Waals surface area contributed by atoms with Gasteiger partial charge in [0.05, 0.1) is 26.5 Å². The molecule has 9 heteroatoms. The Hall–Kier alpha value is -4.11. The predicted octanol–water partition coefficient (Wildman–Crippen LogP) is 5.85. The minimum absolute atomic E-state index is 0.0100. The van der Waals surface area contributed by atoms with Gasteiger partial charge in [0.2, 0.25) is 0 Å². The fourth-order valence-corrected chi connectivity index (χ4v) is 4.01. The second-order valence-corrected chi connectivity index (χ2v) is 8.73. The first kappa shape index (κ1) is 26.0. The standard InChI is InChI=1S/C28H25BrN2O6/c1-4-36-23-16-19(12-15-22(23)37-17-18-10-13-20(29)14-11-18)25-24(27(32)34-2)26(28(33)35-3)31(30-25)21-8-6-5-7-9-21/h5-16H,4,17H2,1-3H3. The lowest BCUT2D eigenvalue weighted by Gasteiger charge is -2.13. The van der Waals surface area contributed by atoms with Gasteiger partial charge in [-0.25, -0.2) is 14.3 Å². The maximum atomic E-state index is 12.9. The topological polar surface area (TPSA) is 88.9 Å². The van der Waals surface area contributed by atoms with E-state index >= 15 is 0 Å². The van der Waals surface area contributed by atoms with Gasteiger partial charge in [-0.1, -0.05) is 46.3 Å². The van der Waals surface area contributed by atoms with E-state index in [1.165, 1.54) is 18.9 Å². The molecule has 8 nitrogen and oxygen atoms in total. The largest absolute Gasteiger partial charge is 0.490 e. The SMILES string of the molecule is CCOc1cc(-c2nn(-c3ccccc3)c(C(=O)OC)c2C(=O)OC)ccc1OCc1ccc(Br)cc1. The Labute approximate surface area is 222 Å². The van der Waals surface area contributed by atoms with Crippen LogP contribution < -0.4 is 9.47 Å². The molecule has 0 bridgehead atoms. The number of carbonyl (C=O) groups excluding carboxylic acids is 2. The molecular formula is C28H25BrN2O6. The summed E-state index contributed by atoms with van der Waals surface area (Å²) in [6, 6.07) is 22.1. The molecule has 37 heavy (non-hydrogen) atoms. The van der Waals surface area contributed by atoms with Gasteiger partial charge in [-0.15, -0.1) is 0 Å². The van der Waals surface area contributed by atoms with E-state index < -0.39 is 11.9 Å². The van der Waals surface area contributed by atoms with Crippen LogP contribution in [0.5, 0.6) is 11.5 Å². The average molecular weight is 565 g/mol. The molecule has 0 aliphatic carbocycles. The van der Waals surface area contributed by atoms with Crippen LogP contribution in [0.3, 0.4) is 0 Å². The van der Waals surface area contributed by atoms with Crippen LogP contribution in [0.2, 0.25) is 0 Å². The quantitative estimate of drug-likeness (QED) is 0.235. The molecule has 0 fully saturated rings. The Morgan fingerprint density at radius 1 is 0.865 bits per heavy atom. The number of hydrogen-bond acceptors (Lipinski definition) is 7. The van der Waals surface area contributed by atoms with Crippen molar-refractivity contribution in [1.82, 2.24) is 9.78 Å². The highest BCUT2D eigenvalue weighted by Crippen LogP contribution is 2.36. The van der Waals surface area contributed by atoms with Gasteiger partial charge in [0.25, 0.3) is 0 Å². The fraction of sp³-hybridized carbons (Fsp3) is 0.179. The highest BCUT2D eigenvalue weighted by Gasteiger charge is 2.31. The Bertz CT molecular complexity index is 1400. The average Bonchev–Trinajstić information content (AvgIpc) is 3.34. The number of benzene rings is 3. The van der Waals surface area contributed by atoms with E-state index in [-0.39, 0.29) is 17.0 Å². The molecule has 4 aromatic rings. The molecule has 0 spiro atoms. The maximum Gasteiger partial charge on any atom is 0.357 e. The number of esters is 2. The normalized spacial score (nSPS) is 10.6. The third kappa shape index (κ3) is 5.67. The van der Waals surface area contributed by atoms with E-state index in [1.54, 1.807) is 42.5 Å². The number of methoxy groups -OCH3 is 2. The van der Waals surface area contributed by atoms with Gasteiger partial charge in [0.1, 0.15) is 17.9 Å². The van der Waals surface area contributed by atoms with Gasteiger partial charge in [-0.05, 0) is 55.0 Å². The van der Waals surface area contributed by atoms with E-state index in [2.05, 4.69) is 21.0 Å². The first-order valence-electron chi connectivity index (χ1n) is 11.5. The predicted molar refractivity (Wildman–Crippen MR) is 141 cm³/mol. The van der Waals surface area contributed by atoms with Gasteiger partial charge in [0.15, 0.2) is 17.2 Å². The molecule has 0 atom stereocenters. The van der Waals surface area contributed by atoms with Gasteiger partial charge in [-0.3, -0.25) is 0 Å². The van der Waals surface area contributed by atoms with E-state index in [4.69, 9.17) is 18.9 Å². The van der Waals surface area contributed by atoms with Gasteiger partial charge in [-0.2, -0.15) is 5.10 Å². The van der Waals surface area contributed by atoms with Crippen LogP contribution in [0.4, 0.5) is 0 Å². The lowest BCUT2D eigenvalue weighted by atomic mass is 10.0. The molecule has 0 radical (unpaired) electrons. The molecule has 0 aliphatic heterocycles. The van der Waals surface area contributed by atoms with Crippen LogP contribution in [0, 0.1) is 0 Å². The van der Waals surface area contributed by atoms with E-state index in [0.29, 0.717) is 36.0 Å². The zero-order chi connectivity index (χ0) is 26.4. The molecule has 1 heterocycles. The zero-order valence-electron chi connectivity index (χ0n) is 20.6. The number of aromatic nitrogens is 2. The van der Waals surface area contributed by atoms with Crippen molar-refractivity contribution in [2.75, 3.05) is 20.8 Å². The molecule has 0 amide bonds. The highest BCUT2D eigenvalue weighted by molar-refractivity contribution is 9.10. The molecule has 0 aliphatic rings. The summed E-state index contributed by atoms with van der Waals surface area (Å²) in [4.78, 5) is 25.7. The number of rotatable bonds is 9. The summed E-state index contributed by atoms with van der Waals surface area (Å²) in [5.74, 6) is -0.431. The molecule has 190 valence electrons. The molecule has 4 rings (SSSR count). The summed E-state index contributed by atoms with van der Waals surface area (Å²) in [5.41, 5.74) is 2.32. The smallest absolute Gasteiger partial charge is 0.357 e. The highest BCUT2D eigenvalue weighted by atomic mass is 79.9. The Morgan fingerprint density at radius 2 is 1.57 bits per heavy atom. The molecule has 0 unspecified atom stereocenters. The second-order valence-electron chi connectivity index (χ2n) is 7.81. The van der Waals surface area contributed by atoms with E-state index in [1.807, 2.05) is 37.3 Å². The maximum absolute atomic E-state index is 12.9. The van der Waals surface area contributed by atoms with Crippen molar-refractivity contribution in [3.8, 4) is 28.4 Å². The van der Waals surface area contributed by atoms with Crippen LogP contribution in [0.15, 0.2) is 77.3 Å². The van der Waals surface area contributed by atoms with Gasteiger partial charge in [0, 0.05) is 10.0 Å². The summed E-state index contributed by atoms with van der Waals surface area (Å²) in [6.07, 6.45) is 0. The molecule has 0 N–H and O–H groups in total. The van der Waals surface area contributed by atoms with Crippen LogP contribution >= 0.6 is 15.9 Å². The molecule has 1 aromatic heterocycles. The summed E-state index contributed by atoms with van der Waals surface area (Å²) >= 11 is 3.43. The fourth-order valence-electron chi connectivity index (χ4n) is 3.74. The molecule has 0 saturated carbocycles. The number of para-hydroxylation sites is 1. The van der Waals surface area contributed by atoms with Crippen LogP contribution in [0.25, 0.3) is 16.9 Å². The number of nitrogens with zero attached hydrogens (tertiary/aromatic N) is 2. The van der Waals surface area contributed by atoms with Crippen molar-refractivity contribution in [1.29, 1.82) is 0 Å². The minimum Gasteiger partial charge on any atom is -0.490 e. The Kier molecular flexibility index (Phi) is 8.25. The van der Waals surface area contributed by atoms with Crippen LogP contribution in [-0.4, -0.2) is 42.5 Å². The van der Waals surface area contributed by atoms with Crippen LogP contribution in [-0.2, 0) is 16.1 Å². The van der Waals surface area contributed by atoms with Crippen molar-refractivity contribution >= 4 is 27.9 Å². The molecule has 0 saturated heterocycles. The first-order valence-corrected chi connectivity index (χ1v) is 12.3. The third-order valence-corrected chi connectivity index (χ3v) is 6.01. The minimum atomic E-state index is -0.720. The summed E-state index contributed by atoms with van der Waals surface area (Å²) in [6.45, 7) is 2.60. The van der Waals surface area contributed by atoms with Crippen molar-refractivity contribution in [3.05, 3.63) is 94.1 Å². The van der Waals surface area contributed by atoms with E-state index in [9.17, 15) is 9.59 Å². The van der Waals surface area contributed by atoms with Crippen molar-refractivity contribution in [3.63, 3.8) is 0 Å². The summed E-state index contributed by atoms with van der Waals surface area (Å²) < 4.78 is 24.3.